The van der Waals surface area contributed by atoms with Gasteiger partial charge in [0, 0.05) is 9.61 Å². The van der Waals surface area contributed by atoms with Gasteiger partial charge in [0.2, 0.25) is 0 Å². The molecule has 0 aliphatic carbocycles. The molecule has 2 aromatic rings. The Labute approximate surface area is 143 Å². The fourth-order valence-electron chi connectivity index (χ4n) is 2.33. The summed E-state index contributed by atoms with van der Waals surface area (Å²) in [5, 5.41) is 8.40. The van der Waals surface area contributed by atoms with Crippen molar-refractivity contribution in [3.05, 3.63) is 50.1 Å². The van der Waals surface area contributed by atoms with Crippen molar-refractivity contribution in [1.82, 2.24) is 15.1 Å². The zero-order valence-electron chi connectivity index (χ0n) is 12.2. The highest BCUT2D eigenvalue weighted by Gasteiger charge is 2.24. The number of nitrogens with zero attached hydrogens (tertiary/aromatic N) is 2. The van der Waals surface area contributed by atoms with Crippen LogP contribution in [0.5, 0.6) is 0 Å². The van der Waals surface area contributed by atoms with Crippen molar-refractivity contribution in [3.8, 4) is 0 Å². The van der Waals surface area contributed by atoms with E-state index in [-0.39, 0.29) is 17.9 Å². The van der Waals surface area contributed by atoms with E-state index in [1.165, 1.54) is 12.1 Å². The molecule has 3 nitrogen and oxygen atoms in total. The molecule has 0 amide bonds. The Balaban J connectivity index is 2.56. The lowest BCUT2D eigenvalue weighted by atomic mass is 10.0. The molecule has 1 N–H and O–H groups in total. The highest BCUT2D eigenvalue weighted by Crippen LogP contribution is 2.32. The van der Waals surface area contributed by atoms with Crippen molar-refractivity contribution in [2.24, 2.45) is 0 Å². The van der Waals surface area contributed by atoms with Crippen LogP contribution in [0.3, 0.4) is 0 Å². The highest BCUT2D eigenvalue weighted by molar-refractivity contribution is 14.1. The minimum Gasteiger partial charge on any atom is -0.305 e. The number of hydrogen-bond donors (Lipinski definition) is 1. The normalized spacial score (nSPS) is 12.9. The van der Waals surface area contributed by atoms with Gasteiger partial charge in [-0.15, -0.1) is 0 Å². The molecule has 0 aliphatic heterocycles. The van der Waals surface area contributed by atoms with Crippen molar-refractivity contribution in [2.75, 3.05) is 6.54 Å². The first-order valence-electron chi connectivity index (χ1n) is 6.87. The van der Waals surface area contributed by atoms with Gasteiger partial charge in [0.05, 0.1) is 23.0 Å². The second-order valence-electron chi connectivity index (χ2n) is 5.07. The molecule has 1 aromatic heterocycles. The third kappa shape index (κ3) is 3.57. The quantitative estimate of drug-likeness (QED) is 0.717. The van der Waals surface area contributed by atoms with Crippen molar-refractivity contribution >= 4 is 34.2 Å². The van der Waals surface area contributed by atoms with Gasteiger partial charge in [-0.05, 0) is 60.7 Å². The summed E-state index contributed by atoms with van der Waals surface area (Å²) in [4.78, 5) is 0. The summed E-state index contributed by atoms with van der Waals surface area (Å²) in [6.07, 6.45) is 1.66. The first-order chi connectivity index (χ1) is 9.95. The van der Waals surface area contributed by atoms with Crippen LogP contribution in [0.15, 0.2) is 24.4 Å². The predicted molar refractivity (Wildman–Crippen MR) is 92.3 cm³/mol. The topological polar surface area (TPSA) is 29.9 Å². The second kappa shape index (κ2) is 7.07. The summed E-state index contributed by atoms with van der Waals surface area (Å²) in [6.45, 7) is 6.93. The van der Waals surface area contributed by atoms with E-state index in [1.807, 2.05) is 11.6 Å². The predicted octanol–water partition coefficient (Wildman–Crippen LogP) is 4.56. The summed E-state index contributed by atoms with van der Waals surface area (Å²) < 4.78 is 16.1. The summed E-state index contributed by atoms with van der Waals surface area (Å²) in [6, 6.07) is 4.90. The Hall–Kier alpha value is -0.660. The van der Waals surface area contributed by atoms with E-state index in [9.17, 15) is 4.39 Å². The molecule has 1 heterocycles. The molecular formula is C15H18ClFIN3. The monoisotopic (exact) mass is 421 g/mol. The van der Waals surface area contributed by atoms with E-state index in [2.05, 4.69) is 46.9 Å². The number of hydrogen-bond acceptors (Lipinski definition) is 2. The molecule has 0 saturated heterocycles. The Morgan fingerprint density at radius 1 is 1.43 bits per heavy atom. The molecule has 1 unspecified atom stereocenters. The summed E-state index contributed by atoms with van der Waals surface area (Å²) in [5.41, 5.74) is 1.92. The molecule has 1 atom stereocenters. The van der Waals surface area contributed by atoms with Crippen LogP contribution in [0, 0.1) is 9.39 Å². The van der Waals surface area contributed by atoms with Gasteiger partial charge < -0.3 is 5.32 Å². The SMILES string of the molecule is CCNC(c1ccc(F)cc1I)c1c(Cl)cnn1C(C)C. The van der Waals surface area contributed by atoms with Crippen LogP contribution in [-0.4, -0.2) is 16.3 Å². The van der Waals surface area contributed by atoms with Gasteiger partial charge in [-0.25, -0.2) is 4.39 Å². The number of nitrogens with one attached hydrogen (secondary N) is 1. The van der Waals surface area contributed by atoms with Gasteiger partial charge in [-0.3, -0.25) is 4.68 Å². The lowest BCUT2D eigenvalue weighted by Crippen LogP contribution is -2.26. The van der Waals surface area contributed by atoms with Gasteiger partial charge >= 0.3 is 0 Å². The maximum Gasteiger partial charge on any atom is 0.124 e. The Bertz CT molecular complexity index is 627. The van der Waals surface area contributed by atoms with E-state index in [4.69, 9.17) is 11.6 Å². The largest absolute Gasteiger partial charge is 0.305 e. The maximum absolute atomic E-state index is 13.4. The van der Waals surface area contributed by atoms with Gasteiger partial charge in [0.1, 0.15) is 5.82 Å². The molecule has 0 spiro atoms. The zero-order chi connectivity index (χ0) is 15.6. The van der Waals surface area contributed by atoms with Gasteiger partial charge in [-0.2, -0.15) is 5.10 Å². The summed E-state index contributed by atoms with van der Waals surface area (Å²) in [5.74, 6) is -0.234. The van der Waals surface area contributed by atoms with Crippen LogP contribution in [0.25, 0.3) is 0 Å². The third-order valence-electron chi connectivity index (χ3n) is 3.23. The first-order valence-corrected chi connectivity index (χ1v) is 8.32. The standard InChI is InChI=1S/C15H18ClFIN3/c1-4-19-14(11-6-5-10(17)7-13(11)18)15-12(16)8-20-21(15)9(2)3/h5-9,14,19H,4H2,1-3H3. The number of benzene rings is 1. The highest BCUT2D eigenvalue weighted by atomic mass is 127. The zero-order valence-corrected chi connectivity index (χ0v) is 15.1. The fourth-order valence-corrected chi connectivity index (χ4v) is 3.35. The first kappa shape index (κ1) is 16.7. The molecule has 6 heteroatoms. The molecular weight excluding hydrogens is 404 g/mol. The summed E-state index contributed by atoms with van der Waals surface area (Å²) >= 11 is 8.51. The molecule has 2 rings (SSSR count). The maximum atomic E-state index is 13.4. The van der Waals surface area contributed by atoms with Crippen LogP contribution < -0.4 is 5.32 Å². The average Bonchev–Trinajstić information content (AvgIpc) is 2.79. The van der Waals surface area contributed by atoms with Crippen molar-refractivity contribution in [2.45, 2.75) is 32.9 Å². The van der Waals surface area contributed by atoms with Crippen molar-refractivity contribution < 1.29 is 4.39 Å². The lowest BCUT2D eigenvalue weighted by Gasteiger charge is -2.23. The fraction of sp³-hybridized carbons (Fsp3) is 0.400. The molecule has 0 saturated carbocycles. The molecule has 114 valence electrons. The van der Waals surface area contributed by atoms with Crippen LogP contribution in [0.4, 0.5) is 4.39 Å². The number of halogens is 3. The van der Waals surface area contributed by atoms with Crippen molar-refractivity contribution in [3.63, 3.8) is 0 Å². The number of rotatable bonds is 5. The molecule has 0 bridgehead atoms. The second-order valence-corrected chi connectivity index (χ2v) is 6.64. The van der Waals surface area contributed by atoms with Gasteiger partial charge in [0.15, 0.2) is 0 Å². The van der Waals surface area contributed by atoms with Crippen LogP contribution in [0.2, 0.25) is 5.02 Å². The van der Waals surface area contributed by atoms with Crippen LogP contribution in [0.1, 0.15) is 44.1 Å². The molecule has 0 fully saturated rings. The van der Waals surface area contributed by atoms with Crippen LogP contribution >= 0.6 is 34.2 Å². The lowest BCUT2D eigenvalue weighted by molar-refractivity contribution is 0.475. The van der Waals surface area contributed by atoms with Gasteiger partial charge in [0.25, 0.3) is 0 Å². The summed E-state index contributed by atoms with van der Waals surface area (Å²) in [7, 11) is 0. The van der Waals surface area contributed by atoms with E-state index < -0.39 is 0 Å². The molecule has 1 aromatic carbocycles. The third-order valence-corrected chi connectivity index (χ3v) is 4.46. The average molecular weight is 422 g/mol. The minimum atomic E-state index is -0.234. The molecule has 21 heavy (non-hydrogen) atoms. The van der Waals surface area contributed by atoms with E-state index in [1.54, 1.807) is 12.3 Å². The smallest absolute Gasteiger partial charge is 0.124 e. The molecule has 0 aliphatic rings. The Morgan fingerprint density at radius 2 is 2.14 bits per heavy atom. The van der Waals surface area contributed by atoms with Gasteiger partial charge in [-0.1, -0.05) is 24.6 Å². The van der Waals surface area contributed by atoms with Crippen LogP contribution in [-0.2, 0) is 0 Å². The Morgan fingerprint density at radius 3 is 2.71 bits per heavy atom. The van der Waals surface area contributed by atoms with E-state index in [0.717, 1.165) is 21.4 Å². The van der Waals surface area contributed by atoms with Crippen molar-refractivity contribution in [1.29, 1.82) is 0 Å². The van der Waals surface area contributed by atoms with E-state index >= 15 is 0 Å². The van der Waals surface area contributed by atoms with E-state index in [0.29, 0.717) is 5.02 Å². The Kier molecular flexibility index (Phi) is 5.62. The molecule has 0 radical (unpaired) electrons. The number of aromatic nitrogens is 2. The minimum absolute atomic E-state index is 0.111.